The zero-order valence-electron chi connectivity index (χ0n) is 16.8. The highest BCUT2D eigenvalue weighted by molar-refractivity contribution is 7.89. The number of likely N-dealkylation sites (tertiary alicyclic amines) is 1. The van der Waals surface area contributed by atoms with Gasteiger partial charge in [-0.1, -0.05) is 19.1 Å². The SMILES string of the molecule is CNS(=O)(=O)c1cccc(CN[C@@H]2CN(C(=O)OC(C)(C)C)CC[C@@H]2C)c1. The minimum absolute atomic E-state index is 0.121. The molecular weight excluding hydrogens is 366 g/mol. The third kappa shape index (κ3) is 6.19. The summed E-state index contributed by atoms with van der Waals surface area (Å²) in [4.78, 5) is 14.3. The molecule has 0 aromatic heterocycles. The maximum atomic E-state index is 12.3. The molecule has 1 amide bonds. The van der Waals surface area contributed by atoms with E-state index in [9.17, 15) is 13.2 Å². The lowest BCUT2D eigenvalue weighted by molar-refractivity contribution is 0.0147. The molecule has 0 spiro atoms. The molecule has 1 aromatic carbocycles. The predicted molar refractivity (Wildman–Crippen MR) is 105 cm³/mol. The van der Waals surface area contributed by atoms with E-state index in [1.807, 2.05) is 26.8 Å². The summed E-state index contributed by atoms with van der Waals surface area (Å²) in [6, 6.07) is 6.98. The molecule has 0 bridgehead atoms. The number of benzene rings is 1. The molecule has 1 fully saturated rings. The summed E-state index contributed by atoms with van der Waals surface area (Å²) in [6.45, 7) is 9.53. The number of hydrogen-bond acceptors (Lipinski definition) is 5. The largest absolute Gasteiger partial charge is 0.444 e. The molecule has 27 heavy (non-hydrogen) atoms. The van der Waals surface area contributed by atoms with E-state index in [0.29, 0.717) is 25.6 Å². The van der Waals surface area contributed by atoms with Crippen molar-refractivity contribution >= 4 is 16.1 Å². The van der Waals surface area contributed by atoms with Crippen molar-refractivity contribution in [2.45, 2.75) is 57.2 Å². The third-order valence-corrected chi connectivity index (χ3v) is 6.07. The molecule has 1 aromatic rings. The van der Waals surface area contributed by atoms with E-state index in [0.717, 1.165) is 12.0 Å². The summed E-state index contributed by atoms with van der Waals surface area (Å²) < 4.78 is 31.7. The predicted octanol–water partition coefficient (Wildman–Crippen LogP) is 2.33. The van der Waals surface area contributed by atoms with Gasteiger partial charge in [-0.3, -0.25) is 0 Å². The highest BCUT2D eigenvalue weighted by Gasteiger charge is 2.31. The second-order valence-corrected chi connectivity index (χ2v) is 9.92. The van der Waals surface area contributed by atoms with E-state index in [4.69, 9.17) is 4.74 Å². The third-order valence-electron chi connectivity index (χ3n) is 4.66. The van der Waals surface area contributed by atoms with Crippen LogP contribution in [0.4, 0.5) is 4.79 Å². The number of ether oxygens (including phenoxy) is 1. The van der Waals surface area contributed by atoms with E-state index >= 15 is 0 Å². The van der Waals surface area contributed by atoms with Crippen molar-refractivity contribution in [2.24, 2.45) is 5.92 Å². The molecule has 0 saturated carbocycles. The lowest BCUT2D eigenvalue weighted by atomic mass is 9.93. The van der Waals surface area contributed by atoms with Crippen LogP contribution in [0.5, 0.6) is 0 Å². The zero-order valence-corrected chi connectivity index (χ0v) is 17.6. The molecule has 1 heterocycles. The lowest BCUT2D eigenvalue weighted by Crippen LogP contribution is -2.52. The van der Waals surface area contributed by atoms with Crippen molar-refractivity contribution < 1.29 is 17.9 Å². The second kappa shape index (κ2) is 8.58. The minimum Gasteiger partial charge on any atom is -0.444 e. The number of nitrogens with one attached hydrogen (secondary N) is 2. The number of rotatable bonds is 5. The van der Waals surface area contributed by atoms with Crippen molar-refractivity contribution in [3.63, 3.8) is 0 Å². The van der Waals surface area contributed by atoms with Crippen LogP contribution in [0.25, 0.3) is 0 Å². The van der Waals surface area contributed by atoms with E-state index < -0.39 is 15.6 Å². The van der Waals surface area contributed by atoms with Gasteiger partial charge in [0.25, 0.3) is 0 Å². The monoisotopic (exact) mass is 397 g/mol. The molecule has 0 unspecified atom stereocenters. The van der Waals surface area contributed by atoms with Gasteiger partial charge in [0.15, 0.2) is 0 Å². The Kier molecular flexibility index (Phi) is 6.88. The van der Waals surface area contributed by atoms with Crippen LogP contribution in [-0.4, -0.2) is 51.2 Å². The maximum absolute atomic E-state index is 12.3. The van der Waals surface area contributed by atoms with Crippen molar-refractivity contribution in [2.75, 3.05) is 20.1 Å². The molecule has 7 nitrogen and oxygen atoms in total. The van der Waals surface area contributed by atoms with Gasteiger partial charge in [-0.05, 0) is 57.9 Å². The van der Waals surface area contributed by atoms with Crippen molar-refractivity contribution in [3.05, 3.63) is 29.8 Å². The molecule has 2 rings (SSSR count). The molecular formula is C19H31N3O4S. The van der Waals surface area contributed by atoms with Crippen molar-refractivity contribution in [1.82, 2.24) is 14.9 Å². The molecule has 1 aliphatic heterocycles. The van der Waals surface area contributed by atoms with Crippen LogP contribution in [0.1, 0.15) is 39.7 Å². The fourth-order valence-corrected chi connectivity index (χ4v) is 3.82. The summed E-state index contributed by atoms with van der Waals surface area (Å²) in [5.74, 6) is 0.410. The molecule has 152 valence electrons. The Hall–Kier alpha value is -1.64. The Morgan fingerprint density at radius 3 is 2.67 bits per heavy atom. The summed E-state index contributed by atoms with van der Waals surface area (Å²) in [7, 11) is -2.06. The quantitative estimate of drug-likeness (QED) is 0.796. The van der Waals surface area contributed by atoms with E-state index in [2.05, 4.69) is 17.0 Å². The Morgan fingerprint density at radius 2 is 2.04 bits per heavy atom. The highest BCUT2D eigenvalue weighted by atomic mass is 32.2. The number of carbonyl (C=O) groups excluding carboxylic acids is 1. The topological polar surface area (TPSA) is 87.7 Å². The summed E-state index contributed by atoms with van der Waals surface area (Å²) in [5, 5.41) is 3.47. The standard InChI is InChI=1S/C19H31N3O4S/c1-14-9-10-22(18(23)26-19(2,3)4)13-17(14)21-12-15-7-6-8-16(11-15)27(24,25)20-5/h6-8,11,14,17,20-21H,9-10,12-13H2,1-5H3/t14-,17+/m0/s1. The van der Waals surface area contributed by atoms with Gasteiger partial charge in [0, 0.05) is 25.7 Å². The van der Waals surface area contributed by atoms with Crippen LogP contribution in [0, 0.1) is 5.92 Å². The van der Waals surface area contributed by atoms with E-state index in [-0.39, 0.29) is 17.0 Å². The van der Waals surface area contributed by atoms with Crippen LogP contribution in [-0.2, 0) is 21.3 Å². The van der Waals surface area contributed by atoms with E-state index in [1.165, 1.54) is 7.05 Å². The highest BCUT2D eigenvalue weighted by Crippen LogP contribution is 2.20. The summed E-state index contributed by atoms with van der Waals surface area (Å²) in [6.07, 6.45) is 0.605. The van der Waals surface area contributed by atoms with Gasteiger partial charge in [0.2, 0.25) is 10.0 Å². The first-order valence-electron chi connectivity index (χ1n) is 9.25. The van der Waals surface area contributed by atoms with Gasteiger partial charge in [-0.15, -0.1) is 0 Å². The molecule has 1 saturated heterocycles. The van der Waals surface area contributed by atoms with Crippen LogP contribution < -0.4 is 10.0 Å². The van der Waals surface area contributed by atoms with Gasteiger partial charge in [0.05, 0.1) is 4.90 Å². The maximum Gasteiger partial charge on any atom is 0.410 e. The van der Waals surface area contributed by atoms with Gasteiger partial charge in [0.1, 0.15) is 5.60 Å². The second-order valence-electron chi connectivity index (χ2n) is 8.03. The fraction of sp³-hybridized carbons (Fsp3) is 0.632. The van der Waals surface area contributed by atoms with Crippen LogP contribution >= 0.6 is 0 Å². The smallest absolute Gasteiger partial charge is 0.410 e. The average molecular weight is 398 g/mol. The Bertz CT molecular complexity index is 758. The first-order chi connectivity index (χ1) is 12.5. The van der Waals surface area contributed by atoms with Crippen molar-refractivity contribution in [3.8, 4) is 0 Å². The zero-order chi connectivity index (χ0) is 20.2. The van der Waals surface area contributed by atoms with Crippen LogP contribution in [0.3, 0.4) is 0 Å². The molecule has 8 heteroatoms. The lowest BCUT2D eigenvalue weighted by Gasteiger charge is -2.38. The first-order valence-corrected chi connectivity index (χ1v) is 10.7. The van der Waals surface area contributed by atoms with Crippen molar-refractivity contribution in [1.29, 1.82) is 0 Å². The minimum atomic E-state index is -3.46. The number of amides is 1. The van der Waals surface area contributed by atoms with Crippen LogP contribution in [0.15, 0.2) is 29.2 Å². The molecule has 1 aliphatic rings. The van der Waals surface area contributed by atoms with Gasteiger partial charge >= 0.3 is 6.09 Å². The normalized spacial score (nSPS) is 21.1. The average Bonchev–Trinajstić information content (AvgIpc) is 2.59. The fourth-order valence-electron chi connectivity index (χ4n) is 3.02. The Balaban J connectivity index is 2.00. The van der Waals surface area contributed by atoms with E-state index in [1.54, 1.807) is 23.1 Å². The number of sulfonamides is 1. The molecule has 2 atom stereocenters. The summed E-state index contributed by atoms with van der Waals surface area (Å²) >= 11 is 0. The number of nitrogens with zero attached hydrogens (tertiary/aromatic N) is 1. The molecule has 0 radical (unpaired) electrons. The van der Waals surface area contributed by atoms with Gasteiger partial charge in [-0.2, -0.15) is 0 Å². The first kappa shape index (κ1) is 21.7. The number of carbonyl (C=O) groups is 1. The Morgan fingerprint density at radius 1 is 1.33 bits per heavy atom. The van der Waals surface area contributed by atoms with Crippen LogP contribution in [0.2, 0.25) is 0 Å². The Labute approximate surface area is 162 Å². The number of piperidine rings is 1. The number of hydrogen-bond donors (Lipinski definition) is 2. The molecule has 0 aliphatic carbocycles. The van der Waals surface area contributed by atoms with Gasteiger partial charge < -0.3 is 15.0 Å². The molecule has 2 N–H and O–H groups in total. The van der Waals surface area contributed by atoms with Gasteiger partial charge in [-0.25, -0.2) is 17.9 Å². The summed E-state index contributed by atoms with van der Waals surface area (Å²) in [5.41, 5.74) is 0.371.